The van der Waals surface area contributed by atoms with Gasteiger partial charge in [-0.15, -0.1) is 0 Å². The van der Waals surface area contributed by atoms with E-state index in [9.17, 15) is 9.59 Å². The molecule has 0 saturated carbocycles. The smallest absolute Gasteiger partial charge is 0.274 e. The van der Waals surface area contributed by atoms with E-state index in [1.165, 1.54) is 18.3 Å². The number of anilines is 2. The molecule has 9 nitrogen and oxygen atoms in total. The Morgan fingerprint density at radius 2 is 1.71 bits per heavy atom. The summed E-state index contributed by atoms with van der Waals surface area (Å²) in [5.74, 6) is -0.742. The molecule has 6 N–H and O–H groups in total. The molecule has 2 aromatic rings. The first-order valence-electron chi connectivity index (χ1n) is 8.89. The summed E-state index contributed by atoms with van der Waals surface area (Å²) in [6.07, 6.45) is 1.33. The van der Waals surface area contributed by atoms with E-state index >= 15 is 0 Å². The summed E-state index contributed by atoms with van der Waals surface area (Å²) in [5, 5.41) is 23.4. The van der Waals surface area contributed by atoms with Gasteiger partial charge in [-0.3, -0.25) is 19.5 Å². The molecule has 1 aromatic heterocycles. The first-order valence-corrected chi connectivity index (χ1v) is 8.89. The van der Waals surface area contributed by atoms with E-state index in [1.807, 2.05) is 4.90 Å². The van der Waals surface area contributed by atoms with Crippen LogP contribution in [0.15, 0.2) is 42.6 Å². The highest BCUT2D eigenvalue weighted by atomic mass is 16.3. The van der Waals surface area contributed by atoms with Gasteiger partial charge in [0.2, 0.25) is 0 Å². The Bertz CT molecular complexity index is 776. The van der Waals surface area contributed by atoms with Crippen molar-refractivity contribution in [2.24, 2.45) is 0 Å². The zero-order chi connectivity index (χ0) is 20.4. The monoisotopic (exact) mass is 387 g/mol. The number of benzene rings is 1. The summed E-state index contributed by atoms with van der Waals surface area (Å²) in [7, 11) is 0. The molecule has 9 heteroatoms. The fraction of sp³-hybridized carbons (Fsp3) is 0.316. The molecule has 1 heterocycles. The minimum absolute atomic E-state index is 0.0178. The van der Waals surface area contributed by atoms with Crippen molar-refractivity contribution < 1.29 is 19.8 Å². The molecule has 2 amide bonds. The molecule has 0 fully saturated rings. The molecule has 28 heavy (non-hydrogen) atoms. The molecular formula is C19H25N5O4. The fourth-order valence-corrected chi connectivity index (χ4v) is 2.51. The maximum atomic E-state index is 12.2. The van der Waals surface area contributed by atoms with Crippen LogP contribution >= 0.6 is 0 Å². The summed E-state index contributed by atoms with van der Waals surface area (Å²) in [6, 6.07) is 9.88. The Labute approximate surface area is 163 Å². The number of aliphatic hydroxyl groups excluding tert-OH is 2. The van der Waals surface area contributed by atoms with Crippen molar-refractivity contribution in [2.45, 2.75) is 0 Å². The number of hydrogen-bond acceptors (Lipinski definition) is 7. The number of hydrogen-bond donors (Lipinski definition) is 5. The van der Waals surface area contributed by atoms with E-state index in [1.54, 1.807) is 24.3 Å². The minimum Gasteiger partial charge on any atom is -0.397 e. The highest BCUT2D eigenvalue weighted by molar-refractivity contribution is 6.04. The lowest BCUT2D eigenvalue weighted by Gasteiger charge is -2.20. The molecule has 0 spiro atoms. The average molecular weight is 387 g/mol. The molecule has 0 radical (unpaired) electrons. The van der Waals surface area contributed by atoms with Crippen LogP contribution in [0.1, 0.15) is 20.8 Å². The summed E-state index contributed by atoms with van der Waals surface area (Å²) in [6.45, 7) is 1.67. The topological polar surface area (TPSA) is 141 Å². The number of rotatable bonds is 10. The van der Waals surface area contributed by atoms with Crippen LogP contribution in [0.2, 0.25) is 0 Å². The molecule has 0 unspecified atom stereocenters. The summed E-state index contributed by atoms with van der Waals surface area (Å²) < 4.78 is 0. The minimum atomic E-state index is -0.423. The van der Waals surface area contributed by atoms with Crippen LogP contribution in [0.25, 0.3) is 0 Å². The predicted octanol–water partition coefficient (Wildman–Crippen LogP) is -0.0675. The standard InChI is InChI=1S/C19H25N5O4/c20-15-3-1-2-4-16(15)23-19(28)17-6-5-14(13-22-17)18(27)21-7-8-24(9-11-25)10-12-26/h1-6,13,25-26H,7-12,20H2,(H,21,27)(H,23,28). The lowest BCUT2D eigenvalue weighted by Crippen LogP contribution is -2.37. The van der Waals surface area contributed by atoms with Gasteiger partial charge in [0.15, 0.2) is 0 Å². The van der Waals surface area contributed by atoms with Crippen LogP contribution in [0.4, 0.5) is 11.4 Å². The second-order valence-electron chi connectivity index (χ2n) is 6.02. The van der Waals surface area contributed by atoms with Crippen molar-refractivity contribution in [3.05, 3.63) is 53.9 Å². The van der Waals surface area contributed by atoms with Gasteiger partial charge >= 0.3 is 0 Å². The van der Waals surface area contributed by atoms with Gasteiger partial charge in [-0.25, -0.2) is 0 Å². The van der Waals surface area contributed by atoms with E-state index in [-0.39, 0.29) is 24.8 Å². The van der Waals surface area contributed by atoms with Crippen molar-refractivity contribution in [3.63, 3.8) is 0 Å². The zero-order valence-corrected chi connectivity index (χ0v) is 15.5. The van der Waals surface area contributed by atoms with Crippen molar-refractivity contribution in [1.29, 1.82) is 0 Å². The van der Waals surface area contributed by atoms with E-state index in [4.69, 9.17) is 15.9 Å². The number of aliphatic hydroxyl groups is 2. The molecule has 150 valence electrons. The van der Waals surface area contributed by atoms with Crippen LogP contribution in [-0.2, 0) is 0 Å². The maximum absolute atomic E-state index is 12.2. The number of nitrogen functional groups attached to an aromatic ring is 1. The second-order valence-corrected chi connectivity index (χ2v) is 6.02. The summed E-state index contributed by atoms with van der Waals surface area (Å²) in [4.78, 5) is 30.3. The van der Waals surface area contributed by atoms with Gasteiger partial charge in [-0.1, -0.05) is 12.1 Å². The molecular weight excluding hydrogens is 362 g/mol. The van der Waals surface area contributed by atoms with Gasteiger partial charge in [-0.2, -0.15) is 0 Å². The molecule has 0 aliphatic carbocycles. The third kappa shape index (κ3) is 6.31. The van der Waals surface area contributed by atoms with Gasteiger partial charge in [0.05, 0.1) is 30.2 Å². The fourth-order valence-electron chi connectivity index (χ4n) is 2.51. The Morgan fingerprint density at radius 1 is 1.00 bits per heavy atom. The van der Waals surface area contributed by atoms with Crippen LogP contribution in [0, 0.1) is 0 Å². The zero-order valence-electron chi connectivity index (χ0n) is 15.5. The molecule has 2 rings (SSSR count). The van der Waals surface area contributed by atoms with Crippen molar-refractivity contribution >= 4 is 23.2 Å². The van der Waals surface area contributed by atoms with Crippen molar-refractivity contribution in [1.82, 2.24) is 15.2 Å². The average Bonchev–Trinajstić information content (AvgIpc) is 2.70. The molecule has 0 bridgehead atoms. The highest BCUT2D eigenvalue weighted by Gasteiger charge is 2.12. The van der Waals surface area contributed by atoms with Crippen LogP contribution < -0.4 is 16.4 Å². The van der Waals surface area contributed by atoms with Gasteiger partial charge in [-0.05, 0) is 24.3 Å². The summed E-state index contributed by atoms with van der Waals surface area (Å²) >= 11 is 0. The van der Waals surface area contributed by atoms with Crippen LogP contribution in [0.3, 0.4) is 0 Å². The highest BCUT2D eigenvalue weighted by Crippen LogP contribution is 2.17. The number of nitrogens with zero attached hydrogens (tertiary/aromatic N) is 2. The van der Waals surface area contributed by atoms with E-state index in [0.717, 1.165) is 0 Å². The normalized spacial score (nSPS) is 10.7. The van der Waals surface area contributed by atoms with E-state index in [2.05, 4.69) is 15.6 Å². The van der Waals surface area contributed by atoms with Crippen LogP contribution in [-0.4, -0.2) is 71.3 Å². The number of aromatic nitrogens is 1. The largest absolute Gasteiger partial charge is 0.397 e. The van der Waals surface area contributed by atoms with Gasteiger partial charge in [0, 0.05) is 32.4 Å². The number of nitrogens with one attached hydrogen (secondary N) is 2. The Balaban J connectivity index is 1.88. The number of amides is 2. The Kier molecular flexibility index (Phi) is 8.35. The first-order chi connectivity index (χ1) is 13.5. The molecule has 1 aromatic carbocycles. The van der Waals surface area contributed by atoms with Gasteiger partial charge in [0.25, 0.3) is 11.8 Å². The van der Waals surface area contributed by atoms with Crippen LogP contribution in [0.5, 0.6) is 0 Å². The summed E-state index contributed by atoms with van der Waals surface area (Å²) in [5.41, 5.74) is 7.23. The second kappa shape index (κ2) is 11.0. The van der Waals surface area contributed by atoms with E-state index in [0.29, 0.717) is 43.1 Å². The molecule has 0 aliphatic rings. The number of carbonyl (C=O) groups excluding carboxylic acids is 2. The number of pyridine rings is 1. The number of carbonyl (C=O) groups is 2. The number of para-hydroxylation sites is 2. The SMILES string of the molecule is Nc1ccccc1NC(=O)c1ccc(C(=O)NCCN(CCO)CCO)cn1. The Morgan fingerprint density at radius 3 is 2.32 bits per heavy atom. The van der Waals surface area contributed by atoms with Crippen molar-refractivity contribution in [2.75, 3.05) is 50.4 Å². The third-order valence-electron chi connectivity index (χ3n) is 4.01. The molecule has 0 aliphatic heterocycles. The van der Waals surface area contributed by atoms with Gasteiger partial charge in [0.1, 0.15) is 5.69 Å². The van der Waals surface area contributed by atoms with Gasteiger partial charge < -0.3 is 26.6 Å². The Hall–Kier alpha value is -3.01. The molecule has 0 saturated heterocycles. The molecule has 0 atom stereocenters. The third-order valence-corrected chi connectivity index (χ3v) is 4.01. The first kappa shape index (κ1) is 21.3. The van der Waals surface area contributed by atoms with Crippen molar-refractivity contribution in [3.8, 4) is 0 Å². The maximum Gasteiger partial charge on any atom is 0.274 e. The lowest BCUT2D eigenvalue weighted by atomic mass is 10.2. The lowest BCUT2D eigenvalue weighted by molar-refractivity contribution is 0.0941. The predicted molar refractivity (Wildman–Crippen MR) is 106 cm³/mol. The van der Waals surface area contributed by atoms with E-state index < -0.39 is 5.91 Å². The quantitative estimate of drug-likeness (QED) is 0.359. The number of nitrogens with two attached hydrogens (primary N) is 1.